The quantitative estimate of drug-likeness (QED) is 0.737. The molecule has 7 heteroatoms. The first-order chi connectivity index (χ1) is 9.60. The molecule has 0 radical (unpaired) electrons. The summed E-state index contributed by atoms with van der Waals surface area (Å²) in [6.07, 6.45) is 2.64. The summed E-state index contributed by atoms with van der Waals surface area (Å²) >= 11 is 17.9. The highest BCUT2D eigenvalue weighted by Gasteiger charge is 2.10. The average Bonchev–Trinajstić information content (AvgIpc) is 2.89. The number of ether oxygens (including phenoxy) is 1. The summed E-state index contributed by atoms with van der Waals surface area (Å²) in [4.78, 5) is 0. The second-order valence-electron chi connectivity index (χ2n) is 4.21. The molecule has 20 heavy (non-hydrogen) atoms. The topological polar surface area (TPSA) is 39.9 Å². The monoisotopic (exact) mass is 333 g/mol. The Morgan fingerprint density at radius 3 is 2.85 bits per heavy atom. The second kappa shape index (κ2) is 7.16. The minimum atomic E-state index is -0.102. The van der Waals surface area contributed by atoms with E-state index in [-0.39, 0.29) is 5.38 Å². The van der Waals surface area contributed by atoms with Crippen LogP contribution in [0.1, 0.15) is 24.4 Å². The van der Waals surface area contributed by atoms with Crippen LogP contribution < -0.4 is 4.74 Å². The zero-order chi connectivity index (χ0) is 14.5. The number of halogens is 3. The maximum absolute atomic E-state index is 6.09. The summed E-state index contributed by atoms with van der Waals surface area (Å²) < 4.78 is 7.28. The molecule has 0 fully saturated rings. The number of aromatic nitrogens is 3. The van der Waals surface area contributed by atoms with Gasteiger partial charge >= 0.3 is 0 Å². The SMILES string of the molecule is CCC(Cl)c1cn(CCOc2ccc(Cl)cc2Cl)nn1. The first kappa shape index (κ1) is 15.4. The van der Waals surface area contributed by atoms with Crippen molar-refractivity contribution < 1.29 is 4.74 Å². The standard InChI is InChI=1S/C13H14Cl3N3O/c1-2-10(15)12-8-19(18-17-12)5-6-20-13-4-3-9(14)7-11(13)16/h3-4,7-8,10H,2,5-6H2,1H3. The largest absolute Gasteiger partial charge is 0.490 e. The maximum Gasteiger partial charge on any atom is 0.138 e. The Morgan fingerprint density at radius 1 is 1.35 bits per heavy atom. The van der Waals surface area contributed by atoms with E-state index in [9.17, 15) is 0 Å². The van der Waals surface area contributed by atoms with Gasteiger partial charge in [0.2, 0.25) is 0 Å². The zero-order valence-electron chi connectivity index (χ0n) is 10.9. The summed E-state index contributed by atoms with van der Waals surface area (Å²) in [5.41, 5.74) is 0.777. The molecule has 0 saturated heterocycles. The molecule has 0 amide bonds. The molecule has 1 unspecified atom stereocenters. The summed E-state index contributed by atoms with van der Waals surface area (Å²) in [7, 11) is 0. The third kappa shape index (κ3) is 4.01. The van der Waals surface area contributed by atoms with E-state index in [1.165, 1.54) is 0 Å². The van der Waals surface area contributed by atoms with E-state index in [0.29, 0.717) is 28.9 Å². The van der Waals surface area contributed by atoms with Gasteiger partial charge in [-0.3, -0.25) is 0 Å². The number of alkyl halides is 1. The van der Waals surface area contributed by atoms with Gasteiger partial charge < -0.3 is 4.74 Å². The van der Waals surface area contributed by atoms with Gasteiger partial charge in [-0.2, -0.15) is 0 Å². The third-order valence-corrected chi connectivity index (χ3v) is 3.77. The van der Waals surface area contributed by atoms with Crippen molar-refractivity contribution in [2.75, 3.05) is 6.61 Å². The molecule has 2 aromatic rings. The van der Waals surface area contributed by atoms with Crippen molar-refractivity contribution in [3.63, 3.8) is 0 Å². The van der Waals surface area contributed by atoms with Crippen LogP contribution in [0.2, 0.25) is 10.0 Å². The molecule has 0 aliphatic carbocycles. The van der Waals surface area contributed by atoms with Gasteiger partial charge in [0, 0.05) is 5.02 Å². The van der Waals surface area contributed by atoms with Crippen LogP contribution in [0.3, 0.4) is 0 Å². The maximum atomic E-state index is 6.09. The van der Waals surface area contributed by atoms with Gasteiger partial charge in [-0.1, -0.05) is 35.3 Å². The van der Waals surface area contributed by atoms with Gasteiger partial charge in [0.25, 0.3) is 0 Å². The lowest BCUT2D eigenvalue weighted by Gasteiger charge is -2.07. The molecule has 0 spiro atoms. The summed E-state index contributed by atoms with van der Waals surface area (Å²) in [5.74, 6) is 0.597. The Bertz CT molecular complexity index is 574. The van der Waals surface area contributed by atoms with Gasteiger partial charge in [-0.05, 0) is 24.6 Å². The van der Waals surface area contributed by atoms with Crippen molar-refractivity contribution in [1.82, 2.24) is 15.0 Å². The van der Waals surface area contributed by atoms with Crippen molar-refractivity contribution in [2.24, 2.45) is 0 Å². The van der Waals surface area contributed by atoms with Gasteiger partial charge in [-0.15, -0.1) is 16.7 Å². The first-order valence-electron chi connectivity index (χ1n) is 6.22. The van der Waals surface area contributed by atoms with E-state index in [0.717, 1.165) is 12.1 Å². The number of benzene rings is 1. The van der Waals surface area contributed by atoms with E-state index in [4.69, 9.17) is 39.5 Å². The molecule has 0 aliphatic rings. The molecule has 0 N–H and O–H groups in total. The van der Waals surface area contributed by atoms with Crippen LogP contribution in [-0.4, -0.2) is 21.6 Å². The number of nitrogens with zero attached hydrogens (tertiary/aromatic N) is 3. The van der Waals surface area contributed by atoms with Gasteiger partial charge in [0.05, 0.1) is 23.1 Å². The van der Waals surface area contributed by atoms with Crippen LogP contribution in [0.4, 0.5) is 0 Å². The molecule has 4 nitrogen and oxygen atoms in total. The van der Waals surface area contributed by atoms with E-state index < -0.39 is 0 Å². The van der Waals surface area contributed by atoms with Crippen molar-refractivity contribution in [3.8, 4) is 5.75 Å². The molecule has 1 aromatic carbocycles. The predicted octanol–water partition coefficient (Wildman–Crippen LogP) is 4.35. The average molecular weight is 335 g/mol. The van der Waals surface area contributed by atoms with Gasteiger partial charge in [0.1, 0.15) is 18.1 Å². The van der Waals surface area contributed by atoms with Gasteiger partial charge in [0.15, 0.2) is 0 Å². The van der Waals surface area contributed by atoms with Crippen LogP contribution in [-0.2, 0) is 6.54 Å². The molecule has 0 saturated carbocycles. The number of hydrogen-bond donors (Lipinski definition) is 0. The zero-order valence-corrected chi connectivity index (χ0v) is 13.2. The second-order valence-corrected chi connectivity index (χ2v) is 5.58. The van der Waals surface area contributed by atoms with E-state index in [1.54, 1.807) is 22.9 Å². The summed E-state index contributed by atoms with van der Waals surface area (Å²) in [6, 6.07) is 5.12. The summed E-state index contributed by atoms with van der Waals surface area (Å²) in [5, 5.41) is 8.99. The molecule has 0 bridgehead atoms. The van der Waals surface area contributed by atoms with Crippen molar-refractivity contribution in [3.05, 3.63) is 40.1 Å². The predicted molar refractivity (Wildman–Crippen MR) is 80.9 cm³/mol. The molecule has 0 aliphatic heterocycles. The summed E-state index contributed by atoms with van der Waals surface area (Å²) in [6.45, 7) is 3.00. The van der Waals surface area contributed by atoms with E-state index in [2.05, 4.69) is 10.3 Å². The Labute approximate surface area is 132 Å². The van der Waals surface area contributed by atoms with Crippen molar-refractivity contribution in [2.45, 2.75) is 25.3 Å². The van der Waals surface area contributed by atoms with Crippen LogP contribution >= 0.6 is 34.8 Å². The highest BCUT2D eigenvalue weighted by Crippen LogP contribution is 2.27. The normalized spacial score (nSPS) is 12.4. The fraction of sp³-hybridized carbons (Fsp3) is 0.385. The molecule has 1 atom stereocenters. The van der Waals surface area contributed by atoms with Crippen LogP contribution in [0.25, 0.3) is 0 Å². The fourth-order valence-electron chi connectivity index (χ4n) is 1.62. The van der Waals surface area contributed by atoms with Crippen molar-refractivity contribution in [1.29, 1.82) is 0 Å². The van der Waals surface area contributed by atoms with Crippen LogP contribution in [0, 0.1) is 0 Å². The smallest absolute Gasteiger partial charge is 0.138 e. The highest BCUT2D eigenvalue weighted by molar-refractivity contribution is 6.35. The minimum absolute atomic E-state index is 0.102. The molecular formula is C13H14Cl3N3O. The fourth-order valence-corrected chi connectivity index (χ4v) is 2.18. The number of rotatable bonds is 6. The Hall–Kier alpha value is -0.970. The molecule has 1 heterocycles. The molecule has 108 valence electrons. The van der Waals surface area contributed by atoms with Crippen molar-refractivity contribution >= 4 is 34.8 Å². The lowest BCUT2D eigenvalue weighted by molar-refractivity contribution is 0.290. The molecule has 2 rings (SSSR count). The third-order valence-electron chi connectivity index (χ3n) is 2.71. The minimum Gasteiger partial charge on any atom is -0.490 e. The highest BCUT2D eigenvalue weighted by atomic mass is 35.5. The lowest BCUT2D eigenvalue weighted by Crippen LogP contribution is -2.09. The van der Waals surface area contributed by atoms with Crippen LogP contribution in [0.5, 0.6) is 5.75 Å². The van der Waals surface area contributed by atoms with Gasteiger partial charge in [-0.25, -0.2) is 4.68 Å². The van der Waals surface area contributed by atoms with E-state index in [1.807, 2.05) is 13.1 Å². The molecule has 1 aromatic heterocycles. The Balaban J connectivity index is 1.88. The first-order valence-corrected chi connectivity index (χ1v) is 7.41. The Morgan fingerprint density at radius 2 is 2.15 bits per heavy atom. The van der Waals surface area contributed by atoms with Crippen LogP contribution in [0.15, 0.2) is 24.4 Å². The Kier molecular flexibility index (Phi) is 5.52. The number of hydrogen-bond acceptors (Lipinski definition) is 3. The molecular weight excluding hydrogens is 321 g/mol. The van der Waals surface area contributed by atoms with E-state index >= 15 is 0 Å². The lowest BCUT2D eigenvalue weighted by atomic mass is 10.3.